The molecule has 0 aromatic rings. The van der Waals surface area contributed by atoms with Crippen molar-refractivity contribution in [3.8, 4) is 0 Å². The Hall–Kier alpha value is -0.0800. The van der Waals surface area contributed by atoms with E-state index >= 15 is 0 Å². The zero-order valence-electron chi connectivity index (χ0n) is 12.5. The minimum atomic E-state index is -0.867. The summed E-state index contributed by atoms with van der Waals surface area (Å²) in [7, 11) is 0. The van der Waals surface area contributed by atoms with Crippen LogP contribution >= 0.6 is 0 Å². The van der Waals surface area contributed by atoms with E-state index < -0.39 is 11.2 Å². The summed E-state index contributed by atoms with van der Waals surface area (Å²) >= 11 is 0. The summed E-state index contributed by atoms with van der Waals surface area (Å²) in [5.41, 5.74) is -1.56. The summed E-state index contributed by atoms with van der Waals surface area (Å²) in [6, 6.07) is 0. The molecule has 2 aliphatic carbocycles. The van der Waals surface area contributed by atoms with Crippen molar-refractivity contribution in [3.05, 3.63) is 0 Å². The second-order valence-electron chi connectivity index (χ2n) is 8.10. The highest BCUT2D eigenvalue weighted by molar-refractivity contribution is 5.07. The molecule has 2 unspecified atom stereocenters. The fraction of sp³-hybridized carbons (Fsp3) is 1.00. The van der Waals surface area contributed by atoms with E-state index in [-0.39, 0.29) is 5.41 Å². The topological polar surface area (TPSA) is 40.5 Å². The van der Waals surface area contributed by atoms with E-state index in [0.717, 1.165) is 44.9 Å². The second-order valence-corrected chi connectivity index (χ2v) is 8.10. The van der Waals surface area contributed by atoms with Gasteiger partial charge in [-0.1, -0.05) is 27.7 Å². The van der Waals surface area contributed by atoms with Crippen molar-refractivity contribution in [3.63, 3.8) is 0 Å². The SMILES string of the molecule is CC1CCC(O)(C2(O)CC(C)CC(C)(C)C2)CC1. The van der Waals surface area contributed by atoms with Crippen LogP contribution in [0.5, 0.6) is 0 Å². The van der Waals surface area contributed by atoms with Gasteiger partial charge in [-0.3, -0.25) is 0 Å². The summed E-state index contributed by atoms with van der Waals surface area (Å²) < 4.78 is 0. The quantitative estimate of drug-likeness (QED) is 0.752. The number of aliphatic hydroxyl groups is 2. The Bertz CT molecular complexity index is 302. The second kappa shape index (κ2) is 4.49. The van der Waals surface area contributed by atoms with Crippen LogP contribution in [0, 0.1) is 17.3 Å². The Morgan fingerprint density at radius 3 is 1.89 bits per heavy atom. The average Bonchev–Trinajstić information content (AvgIpc) is 2.18. The molecule has 2 atom stereocenters. The van der Waals surface area contributed by atoms with Crippen LogP contribution in [0.4, 0.5) is 0 Å². The number of rotatable bonds is 1. The van der Waals surface area contributed by atoms with E-state index in [9.17, 15) is 10.2 Å². The van der Waals surface area contributed by atoms with E-state index in [0.29, 0.717) is 11.8 Å². The maximum Gasteiger partial charge on any atom is 0.0941 e. The molecule has 2 saturated carbocycles. The van der Waals surface area contributed by atoms with Crippen molar-refractivity contribution < 1.29 is 10.2 Å². The van der Waals surface area contributed by atoms with Gasteiger partial charge in [-0.05, 0) is 62.2 Å². The Balaban J connectivity index is 2.19. The molecule has 2 fully saturated rings. The number of hydrogen-bond donors (Lipinski definition) is 2. The lowest BCUT2D eigenvalue weighted by Crippen LogP contribution is -2.60. The summed E-state index contributed by atoms with van der Waals surface area (Å²) in [5.74, 6) is 1.20. The van der Waals surface area contributed by atoms with Gasteiger partial charge in [0.2, 0.25) is 0 Å². The van der Waals surface area contributed by atoms with Gasteiger partial charge < -0.3 is 10.2 Å². The Kier molecular flexibility index (Phi) is 3.57. The third kappa shape index (κ3) is 2.60. The maximum absolute atomic E-state index is 11.1. The Morgan fingerprint density at radius 1 is 0.833 bits per heavy atom. The van der Waals surface area contributed by atoms with Crippen LogP contribution < -0.4 is 0 Å². The smallest absolute Gasteiger partial charge is 0.0941 e. The minimum absolute atomic E-state index is 0.144. The first-order valence-electron chi connectivity index (χ1n) is 7.61. The highest BCUT2D eigenvalue weighted by atomic mass is 16.4. The zero-order valence-corrected chi connectivity index (χ0v) is 12.5. The minimum Gasteiger partial charge on any atom is -0.387 e. The van der Waals surface area contributed by atoms with E-state index in [2.05, 4.69) is 27.7 Å². The van der Waals surface area contributed by atoms with Crippen LogP contribution in [-0.2, 0) is 0 Å². The van der Waals surface area contributed by atoms with E-state index in [4.69, 9.17) is 0 Å². The van der Waals surface area contributed by atoms with Crippen molar-refractivity contribution in [1.29, 1.82) is 0 Å². The van der Waals surface area contributed by atoms with Gasteiger partial charge in [0.1, 0.15) is 0 Å². The average molecular weight is 254 g/mol. The lowest BCUT2D eigenvalue weighted by Gasteiger charge is -2.54. The molecule has 2 nitrogen and oxygen atoms in total. The van der Waals surface area contributed by atoms with Crippen LogP contribution in [0.1, 0.15) is 72.6 Å². The Labute approximate surface area is 112 Å². The molecule has 2 heteroatoms. The normalized spacial score (nSPS) is 49.0. The number of hydrogen-bond acceptors (Lipinski definition) is 2. The summed E-state index contributed by atoms with van der Waals surface area (Å²) in [5, 5.41) is 22.1. The molecule has 0 spiro atoms. The van der Waals surface area contributed by atoms with Gasteiger partial charge in [-0.15, -0.1) is 0 Å². The van der Waals surface area contributed by atoms with Crippen molar-refractivity contribution in [2.45, 2.75) is 83.8 Å². The van der Waals surface area contributed by atoms with Crippen LogP contribution in [-0.4, -0.2) is 21.4 Å². The largest absolute Gasteiger partial charge is 0.387 e. The molecule has 0 aliphatic heterocycles. The molecule has 0 heterocycles. The molecule has 0 radical (unpaired) electrons. The summed E-state index contributed by atoms with van der Waals surface area (Å²) in [4.78, 5) is 0. The molecule has 0 aromatic heterocycles. The van der Waals surface area contributed by atoms with Gasteiger partial charge in [0.25, 0.3) is 0 Å². The molecular weight excluding hydrogens is 224 g/mol. The third-order valence-electron chi connectivity index (χ3n) is 5.33. The van der Waals surface area contributed by atoms with E-state index in [1.165, 1.54) is 0 Å². The first kappa shape index (κ1) is 14.3. The molecule has 106 valence electrons. The summed E-state index contributed by atoms with van der Waals surface area (Å²) in [6.45, 7) is 8.91. The van der Waals surface area contributed by atoms with Crippen LogP contribution in [0.3, 0.4) is 0 Å². The highest BCUT2D eigenvalue weighted by Crippen LogP contribution is 2.52. The summed E-state index contributed by atoms with van der Waals surface area (Å²) in [6.07, 6.45) is 6.31. The van der Waals surface area contributed by atoms with Gasteiger partial charge in [-0.2, -0.15) is 0 Å². The van der Waals surface area contributed by atoms with Crippen molar-refractivity contribution in [2.75, 3.05) is 0 Å². The first-order valence-corrected chi connectivity index (χ1v) is 7.61. The van der Waals surface area contributed by atoms with Gasteiger partial charge >= 0.3 is 0 Å². The lowest BCUT2D eigenvalue weighted by atomic mass is 9.57. The fourth-order valence-corrected chi connectivity index (χ4v) is 4.59. The highest BCUT2D eigenvalue weighted by Gasteiger charge is 2.54. The predicted molar refractivity (Wildman–Crippen MR) is 74.3 cm³/mol. The van der Waals surface area contributed by atoms with Gasteiger partial charge in [0.15, 0.2) is 0 Å². The monoisotopic (exact) mass is 254 g/mol. The van der Waals surface area contributed by atoms with E-state index in [1.54, 1.807) is 0 Å². The molecule has 18 heavy (non-hydrogen) atoms. The van der Waals surface area contributed by atoms with Crippen LogP contribution in [0.2, 0.25) is 0 Å². The molecule has 0 amide bonds. The van der Waals surface area contributed by atoms with Crippen LogP contribution in [0.25, 0.3) is 0 Å². The van der Waals surface area contributed by atoms with E-state index in [1.807, 2.05) is 0 Å². The third-order valence-corrected chi connectivity index (χ3v) is 5.33. The first-order chi connectivity index (χ1) is 8.16. The van der Waals surface area contributed by atoms with Crippen molar-refractivity contribution >= 4 is 0 Å². The molecule has 0 saturated heterocycles. The Morgan fingerprint density at radius 2 is 1.39 bits per heavy atom. The molecule has 0 bridgehead atoms. The standard InChI is InChI=1S/C16H30O2/c1-12-5-7-15(17,8-6-12)16(18)10-13(2)9-14(3,4)11-16/h12-13,17-18H,5-11H2,1-4H3. The zero-order chi connectivity index (χ0) is 13.6. The predicted octanol–water partition coefficient (Wildman–Crippen LogP) is 3.50. The van der Waals surface area contributed by atoms with Crippen LogP contribution in [0.15, 0.2) is 0 Å². The van der Waals surface area contributed by atoms with Gasteiger partial charge in [0.05, 0.1) is 11.2 Å². The fourth-order valence-electron chi connectivity index (χ4n) is 4.59. The lowest BCUT2D eigenvalue weighted by molar-refractivity contribution is -0.208. The molecule has 0 aromatic carbocycles. The molecule has 2 N–H and O–H groups in total. The molecular formula is C16H30O2. The van der Waals surface area contributed by atoms with Gasteiger partial charge in [-0.25, -0.2) is 0 Å². The van der Waals surface area contributed by atoms with Crippen molar-refractivity contribution in [1.82, 2.24) is 0 Å². The van der Waals surface area contributed by atoms with Gasteiger partial charge in [0, 0.05) is 0 Å². The molecule has 2 aliphatic rings. The van der Waals surface area contributed by atoms with Crippen molar-refractivity contribution in [2.24, 2.45) is 17.3 Å². The molecule has 2 rings (SSSR count). The maximum atomic E-state index is 11.1.